The van der Waals surface area contributed by atoms with Crippen molar-refractivity contribution in [3.8, 4) is 0 Å². The van der Waals surface area contributed by atoms with Crippen LogP contribution in [0.1, 0.15) is 19.8 Å². The summed E-state index contributed by atoms with van der Waals surface area (Å²) in [4.78, 5) is 29.1. The summed E-state index contributed by atoms with van der Waals surface area (Å²) in [5, 5.41) is 2.64. The number of cyclic esters (lactones) is 1. The predicted octanol–water partition coefficient (Wildman–Crippen LogP) is 4.15. The molecule has 0 unspecified atom stereocenters. The van der Waals surface area contributed by atoms with Crippen molar-refractivity contribution in [3.63, 3.8) is 0 Å². The van der Waals surface area contributed by atoms with Crippen molar-refractivity contribution >= 4 is 45.0 Å². The molecular weight excluding hydrogens is 491 g/mol. The number of nitrogens with zero attached hydrogens (tertiary/aromatic N) is 3. The minimum absolute atomic E-state index is 0.188. The van der Waals surface area contributed by atoms with Crippen molar-refractivity contribution in [1.29, 1.82) is 0 Å². The molecule has 1 atom stereocenters. The Morgan fingerprint density at radius 3 is 2.55 bits per heavy atom. The van der Waals surface area contributed by atoms with Crippen LogP contribution in [0.4, 0.5) is 26.2 Å². The zero-order valence-electron chi connectivity index (χ0n) is 18.8. The maximum absolute atomic E-state index is 15.0. The first kappa shape index (κ1) is 23.4. The molecule has 0 saturated carbocycles. The van der Waals surface area contributed by atoms with E-state index in [0.717, 1.165) is 30.4 Å². The second-order valence-corrected chi connectivity index (χ2v) is 9.41. The number of halogens is 2. The lowest BCUT2D eigenvalue weighted by Gasteiger charge is -2.39. The van der Waals surface area contributed by atoms with Crippen LogP contribution in [0.3, 0.4) is 0 Å². The molecule has 2 aliphatic rings. The molecule has 4 rings (SSSR count). The molecule has 0 aliphatic carbocycles. The van der Waals surface area contributed by atoms with E-state index < -0.39 is 12.2 Å². The van der Waals surface area contributed by atoms with Gasteiger partial charge >= 0.3 is 6.09 Å². The average Bonchev–Trinajstić information content (AvgIpc) is 3.18. The van der Waals surface area contributed by atoms with Crippen molar-refractivity contribution in [1.82, 2.24) is 5.32 Å². The molecule has 176 valence electrons. The fourth-order valence-corrected chi connectivity index (χ4v) is 4.66. The fourth-order valence-electron chi connectivity index (χ4n) is 4.40. The summed E-state index contributed by atoms with van der Waals surface area (Å²) < 4.78 is 21.4. The van der Waals surface area contributed by atoms with Gasteiger partial charge in [0, 0.05) is 43.3 Å². The molecule has 1 N–H and O–H groups in total. The molecule has 2 aliphatic heterocycles. The number of carbonyl (C=O) groups excluding carboxylic acids is 2. The number of amides is 2. The van der Waals surface area contributed by atoms with E-state index in [9.17, 15) is 9.59 Å². The van der Waals surface area contributed by atoms with Gasteiger partial charge in [0.1, 0.15) is 11.9 Å². The lowest BCUT2D eigenvalue weighted by Crippen LogP contribution is -2.43. The molecule has 33 heavy (non-hydrogen) atoms. The molecule has 0 spiro atoms. The Hall–Kier alpha value is -2.81. The van der Waals surface area contributed by atoms with Crippen molar-refractivity contribution < 1.29 is 18.7 Å². The molecule has 2 aromatic rings. The van der Waals surface area contributed by atoms with Crippen molar-refractivity contribution in [2.45, 2.75) is 31.9 Å². The fraction of sp³-hybridized carbons (Fsp3) is 0.417. The van der Waals surface area contributed by atoms with Crippen molar-refractivity contribution in [2.75, 3.05) is 47.9 Å². The van der Waals surface area contributed by atoms with Crippen molar-refractivity contribution in [2.24, 2.45) is 0 Å². The van der Waals surface area contributed by atoms with E-state index in [1.807, 2.05) is 12.1 Å². The first-order valence-electron chi connectivity index (χ1n) is 11.1. The number of nitrogens with one attached hydrogen (secondary N) is 1. The maximum atomic E-state index is 15.0. The van der Waals surface area contributed by atoms with Crippen molar-refractivity contribution in [3.05, 3.63) is 52.8 Å². The molecule has 0 radical (unpaired) electrons. The van der Waals surface area contributed by atoms with E-state index in [0.29, 0.717) is 17.4 Å². The van der Waals surface area contributed by atoms with Gasteiger partial charge in [-0.2, -0.15) is 0 Å². The SMILES string of the molecule is CC(=O)NC[C@H]1CN(c2ccc(N3CCC(N(C)c4ccc(Br)cc4)CC3)c(F)c2)C(=O)O1. The van der Waals surface area contributed by atoms with E-state index in [2.05, 4.69) is 50.2 Å². The van der Waals surface area contributed by atoms with Gasteiger partial charge in [-0.3, -0.25) is 9.69 Å². The Balaban J connectivity index is 1.36. The van der Waals surface area contributed by atoms with E-state index in [1.165, 1.54) is 23.6 Å². The van der Waals surface area contributed by atoms with Gasteiger partial charge < -0.3 is 19.9 Å². The van der Waals surface area contributed by atoms with Gasteiger partial charge in [-0.05, 0) is 55.3 Å². The Labute approximate surface area is 201 Å². The number of rotatable bonds is 6. The van der Waals surface area contributed by atoms with Crippen LogP contribution in [0, 0.1) is 5.82 Å². The summed E-state index contributed by atoms with van der Waals surface area (Å²) >= 11 is 3.47. The van der Waals surface area contributed by atoms with E-state index >= 15 is 4.39 Å². The smallest absolute Gasteiger partial charge is 0.414 e. The Morgan fingerprint density at radius 2 is 1.91 bits per heavy atom. The third-order valence-corrected chi connectivity index (χ3v) is 6.81. The van der Waals surface area contributed by atoms with Gasteiger partial charge in [0.15, 0.2) is 0 Å². The molecule has 2 heterocycles. The number of ether oxygens (including phenoxy) is 1. The largest absolute Gasteiger partial charge is 0.442 e. The standard InChI is InChI=1S/C24H28BrFN4O3/c1-16(31)27-14-21-15-30(24(32)33-21)20-7-8-23(22(26)13-20)29-11-9-19(10-12-29)28(2)18-5-3-17(25)4-6-18/h3-8,13,19,21H,9-12,14-15H2,1-2H3,(H,27,31)/t21-/m0/s1. The quantitative estimate of drug-likeness (QED) is 0.622. The molecule has 7 nitrogen and oxygen atoms in total. The van der Waals surface area contributed by atoms with Crippen LogP contribution in [0.5, 0.6) is 0 Å². The molecule has 0 bridgehead atoms. The molecule has 2 fully saturated rings. The minimum Gasteiger partial charge on any atom is -0.442 e. The van der Waals surface area contributed by atoms with Crippen LogP contribution in [-0.2, 0) is 9.53 Å². The van der Waals surface area contributed by atoms with E-state index in [-0.39, 0.29) is 24.8 Å². The van der Waals surface area contributed by atoms with Crippen LogP contribution in [-0.4, -0.2) is 57.4 Å². The number of carbonyl (C=O) groups is 2. The lowest BCUT2D eigenvalue weighted by molar-refractivity contribution is -0.119. The highest BCUT2D eigenvalue weighted by atomic mass is 79.9. The van der Waals surface area contributed by atoms with Gasteiger partial charge in [0.25, 0.3) is 0 Å². The van der Waals surface area contributed by atoms with Gasteiger partial charge in [-0.1, -0.05) is 15.9 Å². The Bertz CT molecular complexity index is 1010. The zero-order valence-corrected chi connectivity index (χ0v) is 20.3. The van der Waals surface area contributed by atoms with Crippen LogP contribution in [0.25, 0.3) is 0 Å². The first-order valence-corrected chi connectivity index (χ1v) is 11.9. The predicted molar refractivity (Wildman–Crippen MR) is 130 cm³/mol. The lowest BCUT2D eigenvalue weighted by atomic mass is 10.0. The summed E-state index contributed by atoms with van der Waals surface area (Å²) in [6.45, 7) is 3.43. The van der Waals surface area contributed by atoms with Crippen LogP contribution in [0.2, 0.25) is 0 Å². The van der Waals surface area contributed by atoms with E-state index in [4.69, 9.17) is 4.74 Å². The second-order valence-electron chi connectivity index (χ2n) is 8.49. The third-order valence-electron chi connectivity index (χ3n) is 6.28. The molecule has 9 heteroatoms. The van der Waals surface area contributed by atoms with Gasteiger partial charge in [0.05, 0.1) is 24.5 Å². The highest BCUT2D eigenvalue weighted by molar-refractivity contribution is 9.10. The minimum atomic E-state index is -0.533. The number of anilines is 3. The van der Waals surface area contributed by atoms with E-state index in [1.54, 1.807) is 12.1 Å². The molecule has 2 amide bonds. The third kappa shape index (κ3) is 5.40. The normalized spacial score (nSPS) is 18.9. The van der Waals surface area contributed by atoms with Crippen LogP contribution in [0.15, 0.2) is 46.9 Å². The number of benzene rings is 2. The first-order chi connectivity index (χ1) is 15.8. The molecule has 0 aromatic heterocycles. The van der Waals surface area contributed by atoms with Crippen LogP contribution < -0.4 is 20.0 Å². The summed E-state index contributed by atoms with van der Waals surface area (Å²) in [6.07, 6.45) is 0.869. The highest BCUT2D eigenvalue weighted by Crippen LogP contribution is 2.31. The summed E-state index contributed by atoms with van der Waals surface area (Å²) in [5.41, 5.74) is 2.17. The average molecular weight is 519 g/mol. The monoisotopic (exact) mass is 518 g/mol. The van der Waals surface area contributed by atoms with Gasteiger partial charge in [-0.15, -0.1) is 0 Å². The molecule has 2 aromatic carbocycles. The number of hydrogen-bond acceptors (Lipinski definition) is 5. The van der Waals surface area contributed by atoms with Crippen LogP contribution >= 0.6 is 15.9 Å². The second kappa shape index (κ2) is 9.99. The highest BCUT2D eigenvalue weighted by Gasteiger charge is 2.33. The topological polar surface area (TPSA) is 65.1 Å². The van der Waals surface area contributed by atoms with Gasteiger partial charge in [0.2, 0.25) is 5.91 Å². The summed E-state index contributed by atoms with van der Waals surface area (Å²) in [6, 6.07) is 13.5. The molecule has 2 saturated heterocycles. The number of hydrogen-bond donors (Lipinski definition) is 1. The summed E-state index contributed by atoms with van der Waals surface area (Å²) in [7, 11) is 2.10. The van der Waals surface area contributed by atoms with Gasteiger partial charge in [-0.25, -0.2) is 9.18 Å². The number of piperidine rings is 1. The zero-order chi connectivity index (χ0) is 23.5. The Morgan fingerprint density at radius 1 is 1.21 bits per heavy atom. The molecular formula is C24H28BrFN4O3. The maximum Gasteiger partial charge on any atom is 0.414 e. The Kier molecular flexibility index (Phi) is 7.07. The summed E-state index contributed by atoms with van der Waals surface area (Å²) in [5.74, 6) is -0.544.